The van der Waals surface area contributed by atoms with Gasteiger partial charge < -0.3 is 10.2 Å². The van der Waals surface area contributed by atoms with Gasteiger partial charge in [0.2, 0.25) is 4.90 Å². The number of hydrogen-bond acceptors (Lipinski definition) is 2. The van der Waals surface area contributed by atoms with E-state index >= 15 is 0 Å². The summed E-state index contributed by atoms with van der Waals surface area (Å²) in [5.41, 5.74) is 0. The number of carbonyl (C=O) groups is 2. The van der Waals surface area contributed by atoms with Crippen molar-refractivity contribution in [2.45, 2.75) is 4.90 Å². The third kappa shape index (κ3) is 4.33. The predicted molar refractivity (Wildman–Crippen MR) is 136 cm³/mol. The first-order chi connectivity index (χ1) is 16.1. The topological polar surface area (TPSA) is 74.6 Å². The van der Waals surface area contributed by atoms with Crippen LogP contribution in [0.2, 0.25) is 0 Å². The van der Waals surface area contributed by atoms with Crippen molar-refractivity contribution in [2.75, 3.05) is 0 Å². The molecule has 0 aromatic heterocycles. The van der Waals surface area contributed by atoms with Crippen LogP contribution in [0.1, 0.15) is 0 Å². The van der Waals surface area contributed by atoms with E-state index in [4.69, 9.17) is 0 Å². The van der Waals surface area contributed by atoms with Gasteiger partial charge in [0.1, 0.15) is 0 Å². The number of hydrogen-bond donors (Lipinski definition) is 2. The number of aliphatic carboxylic acids is 2. The van der Waals surface area contributed by atoms with Crippen molar-refractivity contribution >= 4 is 49.0 Å². The first kappa shape index (κ1) is 22.9. The van der Waals surface area contributed by atoms with Gasteiger partial charge in [-0.25, -0.2) is 0 Å². The average molecular weight is 472 g/mol. The van der Waals surface area contributed by atoms with Crippen LogP contribution in [0.25, 0.3) is 0 Å². The summed E-state index contributed by atoms with van der Waals surface area (Å²) in [7, 11) is -3.67. The van der Waals surface area contributed by atoms with Gasteiger partial charge in [-0.1, -0.05) is 121 Å². The van der Waals surface area contributed by atoms with Crippen molar-refractivity contribution in [1.29, 1.82) is 0 Å². The Morgan fingerprint density at radius 1 is 0.455 bits per heavy atom. The van der Waals surface area contributed by atoms with E-state index in [0.29, 0.717) is 21.2 Å². The average Bonchev–Trinajstić information content (AvgIpc) is 2.86. The van der Waals surface area contributed by atoms with Crippen molar-refractivity contribution in [3.05, 3.63) is 121 Å². The number of carboxylic acids is 2. The molecule has 4 aromatic rings. The quantitative estimate of drug-likeness (QED) is 0.299. The molecule has 0 aliphatic carbocycles. The first-order valence-corrected chi connectivity index (χ1v) is 13.0. The molecule has 0 spiro atoms. The van der Waals surface area contributed by atoms with Gasteiger partial charge in [-0.2, -0.15) is 0 Å². The summed E-state index contributed by atoms with van der Waals surface area (Å²) in [6, 6.07) is 36.7. The highest BCUT2D eigenvalue weighted by molar-refractivity contribution is 7.93. The largest absolute Gasteiger partial charge is 0.480 e. The lowest BCUT2D eigenvalue weighted by Gasteiger charge is -2.41. The van der Waals surface area contributed by atoms with Crippen molar-refractivity contribution in [1.82, 2.24) is 0 Å². The molecular weight excluding hydrogens is 450 g/mol. The van der Waals surface area contributed by atoms with Gasteiger partial charge in [-0.3, -0.25) is 9.59 Å². The highest BCUT2D eigenvalue weighted by atomic mass is 31.2. The molecular formula is C27H22O4P2. The lowest BCUT2D eigenvalue weighted by molar-refractivity contribution is -0.148. The Kier molecular flexibility index (Phi) is 6.99. The molecule has 164 valence electrons. The molecule has 0 atom stereocenters. The molecule has 6 heteroatoms. The van der Waals surface area contributed by atoms with Crippen molar-refractivity contribution in [3.63, 3.8) is 0 Å². The van der Waals surface area contributed by atoms with E-state index in [1.54, 1.807) is 0 Å². The van der Waals surface area contributed by atoms with E-state index in [1.165, 1.54) is 0 Å². The molecule has 4 nitrogen and oxygen atoms in total. The molecule has 0 aliphatic rings. The molecule has 0 amide bonds. The molecule has 33 heavy (non-hydrogen) atoms. The summed E-state index contributed by atoms with van der Waals surface area (Å²) in [6.45, 7) is 0. The summed E-state index contributed by atoms with van der Waals surface area (Å²) in [5, 5.41) is 24.5. The monoisotopic (exact) mass is 472 g/mol. The predicted octanol–water partition coefficient (Wildman–Crippen LogP) is 4.12. The van der Waals surface area contributed by atoms with Crippen LogP contribution in [-0.4, -0.2) is 27.0 Å². The summed E-state index contributed by atoms with van der Waals surface area (Å²) < 4.78 is 0. The lowest BCUT2D eigenvalue weighted by atomic mass is 10.3. The van der Waals surface area contributed by atoms with Crippen LogP contribution in [0.5, 0.6) is 0 Å². The molecule has 0 saturated heterocycles. The Morgan fingerprint density at radius 3 is 0.848 bits per heavy atom. The molecule has 0 fully saturated rings. The normalized spacial score (nSPS) is 11.5. The fourth-order valence-electron chi connectivity index (χ4n) is 3.93. The number of benzene rings is 4. The summed E-state index contributed by atoms with van der Waals surface area (Å²) in [4.78, 5) is 24.5. The summed E-state index contributed by atoms with van der Waals surface area (Å²) in [6.07, 6.45) is 0. The van der Waals surface area contributed by atoms with Crippen LogP contribution >= 0.6 is 15.8 Å². The fraction of sp³-hybridized carbons (Fsp3) is 0.0370. The summed E-state index contributed by atoms with van der Waals surface area (Å²) in [5.74, 6) is -2.65. The summed E-state index contributed by atoms with van der Waals surface area (Å²) >= 11 is 0. The minimum Gasteiger partial charge on any atom is -0.480 e. The van der Waals surface area contributed by atoms with Gasteiger partial charge in [0.05, 0.1) is 0 Å². The van der Waals surface area contributed by atoms with Gasteiger partial charge in [-0.15, -0.1) is 0 Å². The minimum absolute atomic E-state index is 0.711. The molecule has 0 unspecified atom stereocenters. The second-order valence-corrected chi connectivity index (χ2v) is 12.4. The molecule has 4 aromatic carbocycles. The van der Waals surface area contributed by atoms with Gasteiger partial charge >= 0.3 is 11.9 Å². The van der Waals surface area contributed by atoms with Crippen LogP contribution in [0, 0.1) is 0 Å². The Morgan fingerprint density at radius 2 is 0.667 bits per heavy atom. The Balaban J connectivity index is 2.11. The van der Waals surface area contributed by atoms with Crippen LogP contribution < -0.4 is 21.2 Å². The smallest absolute Gasteiger partial charge is 0.331 e. The Labute approximate surface area is 195 Å². The van der Waals surface area contributed by atoms with E-state index in [2.05, 4.69) is 0 Å². The van der Waals surface area contributed by atoms with E-state index in [-0.39, 0.29) is 0 Å². The molecule has 0 aliphatic heterocycles. The van der Waals surface area contributed by atoms with E-state index in [9.17, 15) is 19.8 Å². The van der Waals surface area contributed by atoms with Crippen molar-refractivity contribution in [2.24, 2.45) is 0 Å². The molecule has 4 rings (SSSR count). The van der Waals surface area contributed by atoms with Crippen LogP contribution in [0.15, 0.2) is 121 Å². The molecule has 0 radical (unpaired) electrons. The number of rotatable bonds is 8. The van der Waals surface area contributed by atoms with Crippen molar-refractivity contribution in [3.8, 4) is 0 Å². The zero-order chi connectivity index (χ0) is 23.3. The molecule has 0 bridgehead atoms. The third-order valence-electron chi connectivity index (χ3n) is 5.30. The zero-order valence-electron chi connectivity index (χ0n) is 17.7. The maximum atomic E-state index is 13.3. The van der Waals surface area contributed by atoms with E-state index < -0.39 is 32.7 Å². The first-order valence-electron chi connectivity index (χ1n) is 10.3. The Hall–Kier alpha value is -3.32. The second-order valence-electron chi connectivity index (χ2n) is 7.30. The van der Waals surface area contributed by atoms with E-state index in [0.717, 1.165) is 0 Å². The minimum atomic E-state index is -2.09. The molecule has 0 saturated carbocycles. The molecule has 2 N–H and O–H groups in total. The third-order valence-corrected chi connectivity index (χ3v) is 11.8. The zero-order valence-corrected chi connectivity index (χ0v) is 19.4. The van der Waals surface area contributed by atoms with Crippen molar-refractivity contribution < 1.29 is 19.8 Å². The Bertz CT molecular complexity index is 1040. The maximum absolute atomic E-state index is 13.3. The molecule has 0 heterocycles. The van der Waals surface area contributed by atoms with Crippen LogP contribution in [0.3, 0.4) is 0 Å². The van der Waals surface area contributed by atoms with Crippen LogP contribution in [-0.2, 0) is 9.59 Å². The van der Waals surface area contributed by atoms with E-state index in [1.807, 2.05) is 121 Å². The SMILES string of the molecule is O=C(O)C(C(=O)O)(P(c1ccccc1)c1ccccc1)P(c1ccccc1)c1ccccc1. The second kappa shape index (κ2) is 10.1. The lowest BCUT2D eigenvalue weighted by Crippen LogP contribution is -2.51. The highest BCUT2D eigenvalue weighted by Crippen LogP contribution is 2.65. The van der Waals surface area contributed by atoms with Crippen LogP contribution in [0.4, 0.5) is 0 Å². The maximum Gasteiger partial charge on any atom is 0.331 e. The standard InChI is InChI=1S/C27H22O4P2/c28-25(29)27(26(30)31,32(21-13-5-1-6-14-21)22-15-7-2-8-16-22)33(23-17-9-3-10-18-23)24-19-11-4-12-20-24/h1-20H,(H,28,29)(H,30,31). The fourth-order valence-corrected chi connectivity index (χ4v) is 10.9. The van der Waals surface area contributed by atoms with Gasteiger partial charge in [0.25, 0.3) is 0 Å². The van der Waals surface area contributed by atoms with Gasteiger partial charge in [0, 0.05) is 0 Å². The van der Waals surface area contributed by atoms with Gasteiger partial charge in [0.15, 0.2) is 0 Å². The number of carboxylic acid groups (broad SMARTS) is 2. The highest BCUT2D eigenvalue weighted by Gasteiger charge is 2.60. The van der Waals surface area contributed by atoms with Gasteiger partial charge in [-0.05, 0) is 37.1 Å².